The van der Waals surface area contributed by atoms with Gasteiger partial charge in [-0.1, -0.05) is 37.3 Å². The van der Waals surface area contributed by atoms with Gasteiger partial charge in [0.05, 0.1) is 18.5 Å². The van der Waals surface area contributed by atoms with E-state index in [0.717, 1.165) is 0 Å². The van der Waals surface area contributed by atoms with Crippen LogP contribution in [0.5, 0.6) is 5.75 Å². The summed E-state index contributed by atoms with van der Waals surface area (Å²) in [7, 11) is 1.52. The third-order valence-electron chi connectivity index (χ3n) is 6.21. The lowest BCUT2D eigenvalue weighted by Gasteiger charge is -2.35. The van der Waals surface area contributed by atoms with Crippen LogP contribution >= 0.6 is 11.3 Å². The summed E-state index contributed by atoms with van der Waals surface area (Å²) in [6.45, 7) is 6.84. The lowest BCUT2D eigenvalue weighted by atomic mass is 9.97. The predicted octanol–water partition coefficient (Wildman–Crippen LogP) is 4.77. The van der Waals surface area contributed by atoms with Crippen LogP contribution in [0.1, 0.15) is 65.8 Å². The smallest absolute Gasteiger partial charge is 0.261 e. The van der Waals surface area contributed by atoms with Crippen LogP contribution in [0.4, 0.5) is 5.69 Å². The molecule has 0 aliphatic heterocycles. The molecular formula is C29H33N3O5S. The number of hydrogen-bond donors (Lipinski definition) is 2. The number of thiophene rings is 1. The minimum atomic E-state index is -1.11. The number of hydrogen-bond acceptors (Lipinski definition) is 6. The molecule has 3 aromatic rings. The van der Waals surface area contributed by atoms with Crippen molar-refractivity contribution in [3.05, 3.63) is 82.0 Å². The zero-order valence-corrected chi connectivity index (χ0v) is 23.1. The van der Waals surface area contributed by atoms with Gasteiger partial charge in [0.2, 0.25) is 11.8 Å². The Morgan fingerprint density at radius 3 is 2.39 bits per heavy atom. The molecule has 1 atom stereocenters. The standard InChI is InChI=1S/C29H33N3O5S/c1-6-29(3,4)31-28(36)26(21-11-8-13-23(17-21)37-5)32(22-12-7-10-20(16-22)19(2)33)25(34)18-30-27(35)24-14-9-15-38-24/h7-17,26H,6,18H2,1-5H3,(H,30,35)(H,31,36)/t26-/m0/s1. The maximum atomic E-state index is 13.9. The number of Topliss-reactive ketones (excluding diaryl/α,β-unsaturated/α-hetero) is 1. The van der Waals surface area contributed by atoms with Crippen LogP contribution in [0.2, 0.25) is 0 Å². The van der Waals surface area contributed by atoms with E-state index in [0.29, 0.717) is 33.9 Å². The molecule has 2 aromatic carbocycles. The molecule has 200 valence electrons. The number of carbonyl (C=O) groups is 4. The fourth-order valence-corrected chi connectivity index (χ4v) is 4.41. The molecule has 3 rings (SSSR count). The Morgan fingerprint density at radius 2 is 1.76 bits per heavy atom. The molecular weight excluding hydrogens is 502 g/mol. The van der Waals surface area contributed by atoms with Gasteiger partial charge in [0.1, 0.15) is 11.8 Å². The van der Waals surface area contributed by atoms with Crippen molar-refractivity contribution in [1.29, 1.82) is 0 Å². The minimum absolute atomic E-state index is 0.181. The topological polar surface area (TPSA) is 105 Å². The van der Waals surface area contributed by atoms with Crippen LogP contribution in [0.25, 0.3) is 0 Å². The van der Waals surface area contributed by atoms with E-state index in [-0.39, 0.29) is 18.2 Å². The van der Waals surface area contributed by atoms with Gasteiger partial charge in [0, 0.05) is 16.8 Å². The van der Waals surface area contributed by atoms with Crippen LogP contribution in [0, 0.1) is 0 Å². The molecule has 0 radical (unpaired) electrons. The molecule has 0 bridgehead atoms. The summed E-state index contributed by atoms with van der Waals surface area (Å²) in [4.78, 5) is 54.3. The number of ether oxygens (including phenoxy) is 1. The van der Waals surface area contributed by atoms with Gasteiger partial charge in [-0.3, -0.25) is 24.1 Å². The second kappa shape index (κ2) is 12.5. The maximum absolute atomic E-state index is 13.9. The zero-order valence-electron chi connectivity index (χ0n) is 22.2. The number of amides is 3. The molecule has 0 aliphatic rings. The molecule has 0 aliphatic carbocycles. The van der Waals surface area contributed by atoms with Crippen LogP contribution in [-0.2, 0) is 9.59 Å². The van der Waals surface area contributed by atoms with Crippen molar-refractivity contribution in [3.8, 4) is 5.75 Å². The first-order chi connectivity index (χ1) is 18.1. The van der Waals surface area contributed by atoms with Crippen LogP contribution in [-0.4, -0.2) is 42.7 Å². The third-order valence-corrected chi connectivity index (χ3v) is 7.07. The third kappa shape index (κ3) is 7.07. The van der Waals surface area contributed by atoms with Crippen LogP contribution in [0.15, 0.2) is 66.0 Å². The van der Waals surface area contributed by atoms with Gasteiger partial charge in [-0.15, -0.1) is 11.3 Å². The summed E-state index contributed by atoms with van der Waals surface area (Å²) < 4.78 is 5.39. The van der Waals surface area contributed by atoms with Gasteiger partial charge in [0.25, 0.3) is 5.91 Å². The van der Waals surface area contributed by atoms with E-state index in [1.807, 2.05) is 20.8 Å². The summed E-state index contributed by atoms with van der Waals surface area (Å²) in [5, 5.41) is 7.47. The fourth-order valence-electron chi connectivity index (χ4n) is 3.77. The number of anilines is 1. The Kier molecular flexibility index (Phi) is 9.41. The maximum Gasteiger partial charge on any atom is 0.261 e. The van der Waals surface area contributed by atoms with E-state index in [9.17, 15) is 19.2 Å². The first kappa shape index (κ1) is 28.6. The highest BCUT2D eigenvalue weighted by Gasteiger charge is 2.35. The summed E-state index contributed by atoms with van der Waals surface area (Å²) in [5.41, 5.74) is 0.712. The number of carbonyl (C=O) groups excluding carboxylic acids is 4. The first-order valence-corrected chi connectivity index (χ1v) is 13.1. The summed E-state index contributed by atoms with van der Waals surface area (Å²) >= 11 is 1.26. The predicted molar refractivity (Wildman–Crippen MR) is 149 cm³/mol. The Bertz CT molecular complexity index is 1300. The Hall–Kier alpha value is -3.98. The number of nitrogens with one attached hydrogen (secondary N) is 2. The van der Waals surface area contributed by atoms with Crippen molar-refractivity contribution >= 4 is 40.5 Å². The molecule has 1 aromatic heterocycles. The molecule has 9 heteroatoms. The number of nitrogens with zero attached hydrogens (tertiary/aromatic N) is 1. The monoisotopic (exact) mass is 535 g/mol. The quantitative estimate of drug-likeness (QED) is 0.344. The van der Waals surface area contributed by atoms with Crippen molar-refractivity contribution in [1.82, 2.24) is 10.6 Å². The van der Waals surface area contributed by atoms with E-state index in [1.54, 1.807) is 66.0 Å². The number of benzene rings is 2. The van der Waals surface area contributed by atoms with E-state index in [4.69, 9.17) is 4.74 Å². The summed E-state index contributed by atoms with van der Waals surface area (Å²) in [6, 6.07) is 15.8. The lowest BCUT2D eigenvalue weighted by Crippen LogP contribution is -2.52. The minimum Gasteiger partial charge on any atom is -0.497 e. The van der Waals surface area contributed by atoms with E-state index >= 15 is 0 Å². The Morgan fingerprint density at radius 1 is 1.03 bits per heavy atom. The van der Waals surface area contributed by atoms with Crippen LogP contribution < -0.4 is 20.3 Å². The molecule has 1 heterocycles. The second-order valence-electron chi connectivity index (χ2n) is 9.44. The van der Waals surface area contributed by atoms with E-state index in [1.165, 1.54) is 30.3 Å². The van der Waals surface area contributed by atoms with Crippen molar-refractivity contribution in [2.45, 2.75) is 45.7 Å². The van der Waals surface area contributed by atoms with E-state index < -0.39 is 23.4 Å². The molecule has 3 amide bonds. The first-order valence-electron chi connectivity index (χ1n) is 12.3. The lowest BCUT2D eigenvalue weighted by molar-refractivity contribution is -0.127. The number of methoxy groups -OCH3 is 1. The second-order valence-corrected chi connectivity index (χ2v) is 10.4. The van der Waals surface area contributed by atoms with Gasteiger partial charge in [-0.2, -0.15) is 0 Å². The van der Waals surface area contributed by atoms with Gasteiger partial charge < -0.3 is 15.4 Å². The van der Waals surface area contributed by atoms with Crippen molar-refractivity contribution in [2.24, 2.45) is 0 Å². The normalized spacial score (nSPS) is 11.8. The van der Waals surface area contributed by atoms with Crippen molar-refractivity contribution in [2.75, 3.05) is 18.6 Å². The van der Waals surface area contributed by atoms with Gasteiger partial charge in [0.15, 0.2) is 5.78 Å². The number of rotatable bonds is 11. The molecule has 0 saturated heterocycles. The molecule has 0 saturated carbocycles. The molecule has 8 nitrogen and oxygen atoms in total. The molecule has 2 N–H and O–H groups in total. The summed E-state index contributed by atoms with van der Waals surface area (Å²) in [5.74, 6) is -0.977. The molecule has 0 fully saturated rings. The molecule has 0 unspecified atom stereocenters. The average Bonchev–Trinajstić information content (AvgIpc) is 3.45. The molecule has 38 heavy (non-hydrogen) atoms. The van der Waals surface area contributed by atoms with Crippen molar-refractivity contribution < 1.29 is 23.9 Å². The fraction of sp³-hybridized carbons (Fsp3) is 0.310. The van der Waals surface area contributed by atoms with Gasteiger partial charge in [-0.25, -0.2) is 0 Å². The SMILES string of the molecule is CCC(C)(C)NC(=O)[C@H](c1cccc(OC)c1)N(C(=O)CNC(=O)c1cccs1)c1cccc(C(C)=O)c1. The highest BCUT2D eigenvalue weighted by atomic mass is 32.1. The van der Waals surface area contributed by atoms with Gasteiger partial charge in [-0.05, 0) is 68.5 Å². The largest absolute Gasteiger partial charge is 0.497 e. The average molecular weight is 536 g/mol. The highest BCUT2D eigenvalue weighted by Crippen LogP contribution is 2.31. The molecule has 0 spiro atoms. The zero-order chi connectivity index (χ0) is 27.9. The number of ketones is 1. The van der Waals surface area contributed by atoms with Gasteiger partial charge >= 0.3 is 0 Å². The van der Waals surface area contributed by atoms with E-state index in [2.05, 4.69) is 10.6 Å². The van der Waals surface area contributed by atoms with Crippen molar-refractivity contribution in [3.63, 3.8) is 0 Å². The Balaban J connectivity index is 2.11. The van der Waals surface area contributed by atoms with Crippen LogP contribution in [0.3, 0.4) is 0 Å². The summed E-state index contributed by atoms with van der Waals surface area (Å²) in [6.07, 6.45) is 0.661. The highest BCUT2D eigenvalue weighted by molar-refractivity contribution is 7.12. The Labute approximate surface area is 227 Å².